The van der Waals surface area contributed by atoms with E-state index in [0.29, 0.717) is 48.5 Å². The highest BCUT2D eigenvalue weighted by Gasteiger charge is 2.36. The third-order valence-corrected chi connectivity index (χ3v) is 7.09. The molecule has 1 aromatic heterocycles. The number of hydrogen-bond acceptors (Lipinski definition) is 7. The molecule has 37 heavy (non-hydrogen) atoms. The molecule has 1 N–H and O–H groups in total. The number of nitrogens with zero attached hydrogens (tertiary/aromatic N) is 3. The summed E-state index contributed by atoms with van der Waals surface area (Å²) in [5, 5.41) is 8.66. The summed E-state index contributed by atoms with van der Waals surface area (Å²) >= 11 is 0. The molecular weight excluding hydrogens is 536 g/mol. The number of hydrogen-bond donors (Lipinski definition) is 1. The first kappa shape index (κ1) is 27.1. The molecule has 8 nitrogen and oxygen atoms in total. The molecule has 1 fully saturated rings. The zero-order chi connectivity index (χ0) is 25.8. The molecule has 2 aliphatic heterocycles. The topological polar surface area (TPSA) is 95.8 Å². The van der Waals surface area contributed by atoms with E-state index < -0.39 is 6.10 Å². The number of Topliss-reactive ketones (excluding diaryl/α,β-unsaturated/α-hetero) is 1. The highest BCUT2D eigenvalue weighted by atomic mass is 79.9. The second-order valence-corrected chi connectivity index (χ2v) is 11.0. The van der Waals surface area contributed by atoms with Crippen LogP contribution in [0.4, 0.5) is 5.69 Å². The van der Waals surface area contributed by atoms with Crippen molar-refractivity contribution in [3.05, 3.63) is 52.3 Å². The lowest BCUT2D eigenvalue weighted by Crippen LogP contribution is -2.44. The molecule has 198 valence electrons. The molecule has 3 heterocycles. The normalized spacial score (nSPS) is 18.5. The predicted molar refractivity (Wildman–Crippen MR) is 148 cm³/mol. The first-order valence-electron chi connectivity index (χ1n) is 12.7. The lowest BCUT2D eigenvalue weighted by molar-refractivity contribution is -0.151. The number of benzene rings is 1. The van der Waals surface area contributed by atoms with Crippen LogP contribution < -0.4 is 9.64 Å². The van der Waals surface area contributed by atoms with Crippen molar-refractivity contribution in [3.63, 3.8) is 0 Å². The predicted octanol–water partition coefficient (Wildman–Crippen LogP) is 4.62. The van der Waals surface area contributed by atoms with Gasteiger partial charge in [0.1, 0.15) is 17.3 Å². The number of esters is 1. The van der Waals surface area contributed by atoms with E-state index in [1.54, 1.807) is 11.8 Å². The van der Waals surface area contributed by atoms with E-state index in [1.165, 1.54) is 0 Å². The minimum absolute atomic E-state index is 0. The quantitative estimate of drug-likeness (QED) is 0.400. The van der Waals surface area contributed by atoms with E-state index in [4.69, 9.17) is 19.9 Å². The zero-order valence-corrected chi connectivity index (χ0v) is 23.8. The maximum absolute atomic E-state index is 13.5. The average Bonchev–Trinajstić information content (AvgIpc) is 3.63. The Labute approximate surface area is 228 Å². The van der Waals surface area contributed by atoms with Crippen molar-refractivity contribution in [2.24, 2.45) is 0 Å². The van der Waals surface area contributed by atoms with Gasteiger partial charge in [0.15, 0.2) is 5.78 Å². The number of halogens is 1. The summed E-state index contributed by atoms with van der Waals surface area (Å²) in [7, 11) is 1.89. The number of rotatable bonds is 6. The van der Waals surface area contributed by atoms with Crippen LogP contribution in [-0.2, 0) is 21.5 Å². The van der Waals surface area contributed by atoms with Crippen LogP contribution in [0.2, 0.25) is 0 Å². The van der Waals surface area contributed by atoms with E-state index in [-0.39, 0.29) is 40.7 Å². The number of anilines is 1. The molecular formula is C28H35BrN4O4. The van der Waals surface area contributed by atoms with Gasteiger partial charge in [0.25, 0.3) is 0 Å². The number of nitrogens with one attached hydrogen (secondary N) is 1. The molecule has 1 aliphatic carbocycles. The number of aromatic nitrogens is 1. The minimum atomic E-state index is -0.721. The molecule has 1 atom stereocenters. The fourth-order valence-electron chi connectivity index (χ4n) is 4.90. The third-order valence-electron chi connectivity index (χ3n) is 7.09. The zero-order valence-electron chi connectivity index (χ0n) is 22.1. The Balaban J connectivity index is 0.00000320. The van der Waals surface area contributed by atoms with Gasteiger partial charge >= 0.3 is 5.97 Å². The van der Waals surface area contributed by atoms with Crippen molar-refractivity contribution in [2.75, 3.05) is 31.6 Å². The van der Waals surface area contributed by atoms with E-state index >= 15 is 0 Å². The van der Waals surface area contributed by atoms with Crippen LogP contribution in [-0.4, -0.2) is 60.3 Å². The maximum Gasteiger partial charge on any atom is 0.349 e. The van der Waals surface area contributed by atoms with Crippen LogP contribution >= 0.6 is 17.0 Å². The number of carbonyl (C=O) groups excluding carboxylic acids is 2. The molecule has 5 rings (SSSR count). The molecule has 0 amide bonds. The maximum atomic E-state index is 13.5. The molecule has 0 saturated heterocycles. The number of amidine groups is 1. The lowest BCUT2D eigenvalue weighted by Gasteiger charge is -2.36. The van der Waals surface area contributed by atoms with E-state index in [9.17, 15) is 9.59 Å². The highest BCUT2D eigenvalue weighted by Crippen LogP contribution is 2.43. The standard InChI is InChI=1S/C28H34N4O4.BrH/c1-6-35-27(34)23-15-31(5)21-12-18(11-19(25(21)36-23)28(2,3)4)22(33)14-32-13-17-9-10-20(16-7-8-16)30-24(17)26(32)29;/h9-12,16,23,29H,6-8,13-15H2,1-5H3;1H. The fraction of sp³-hybridized carbons (Fsp3) is 0.500. The summed E-state index contributed by atoms with van der Waals surface area (Å²) in [5.74, 6) is 0.995. The van der Waals surface area contributed by atoms with Crippen LogP contribution in [0.3, 0.4) is 0 Å². The SMILES string of the molecule is Br.CCOC(=O)C1CN(C)c2cc(C(=O)CN3Cc4ccc(C5CC5)nc4C3=N)cc(C(C)(C)C)c2O1. The first-order valence-corrected chi connectivity index (χ1v) is 12.7. The summed E-state index contributed by atoms with van der Waals surface area (Å²) in [6.45, 7) is 9.21. The third kappa shape index (κ3) is 5.23. The van der Waals surface area contributed by atoms with Gasteiger partial charge < -0.3 is 19.3 Å². The van der Waals surface area contributed by atoms with Gasteiger partial charge in [-0.15, -0.1) is 17.0 Å². The Kier molecular flexibility index (Phi) is 7.38. The van der Waals surface area contributed by atoms with Crippen LogP contribution in [0.15, 0.2) is 24.3 Å². The molecule has 1 aromatic carbocycles. The van der Waals surface area contributed by atoms with Gasteiger partial charge in [0, 0.05) is 41.9 Å². The molecule has 1 saturated carbocycles. The Hall–Kier alpha value is -2.94. The van der Waals surface area contributed by atoms with Crippen LogP contribution in [0.25, 0.3) is 0 Å². The number of fused-ring (bicyclic) bond motifs is 2. The molecule has 0 bridgehead atoms. The van der Waals surface area contributed by atoms with Gasteiger partial charge in [-0.1, -0.05) is 26.8 Å². The molecule has 2 aromatic rings. The molecule has 0 spiro atoms. The monoisotopic (exact) mass is 570 g/mol. The summed E-state index contributed by atoms with van der Waals surface area (Å²) in [5.41, 5.74) is 4.64. The van der Waals surface area contributed by atoms with Crippen LogP contribution in [0, 0.1) is 5.41 Å². The van der Waals surface area contributed by atoms with Crippen molar-refractivity contribution >= 4 is 40.3 Å². The number of pyridine rings is 1. The lowest BCUT2D eigenvalue weighted by atomic mass is 9.84. The number of likely N-dealkylation sites (N-methyl/N-ethyl adjacent to an activating group) is 1. The number of ketones is 1. The first-order chi connectivity index (χ1) is 17.1. The molecule has 1 unspecified atom stereocenters. The van der Waals surface area contributed by atoms with Gasteiger partial charge in [0.2, 0.25) is 6.10 Å². The minimum Gasteiger partial charge on any atom is -0.474 e. The number of ether oxygens (including phenoxy) is 2. The smallest absolute Gasteiger partial charge is 0.349 e. The number of carbonyl (C=O) groups is 2. The second-order valence-electron chi connectivity index (χ2n) is 11.0. The molecule has 9 heteroatoms. The second kappa shape index (κ2) is 10.1. The molecule has 3 aliphatic rings. The Morgan fingerprint density at radius 1 is 1.22 bits per heavy atom. The van der Waals surface area contributed by atoms with Crippen molar-refractivity contribution < 1.29 is 19.1 Å². The Morgan fingerprint density at radius 3 is 2.59 bits per heavy atom. The van der Waals surface area contributed by atoms with Gasteiger partial charge in [0.05, 0.1) is 25.4 Å². The van der Waals surface area contributed by atoms with Crippen LogP contribution in [0.1, 0.15) is 79.3 Å². The Morgan fingerprint density at radius 2 is 1.95 bits per heavy atom. The van der Waals surface area contributed by atoms with Crippen molar-refractivity contribution in [2.45, 2.75) is 64.5 Å². The summed E-state index contributed by atoms with van der Waals surface area (Å²) in [6, 6.07) is 7.83. The van der Waals surface area contributed by atoms with Gasteiger partial charge in [-0.25, -0.2) is 9.78 Å². The largest absolute Gasteiger partial charge is 0.474 e. The summed E-state index contributed by atoms with van der Waals surface area (Å²) in [4.78, 5) is 34.4. The van der Waals surface area contributed by atoms with E-state index in [0.717, 1.165) is 35.3 Å². The average molecular weight is 572 g/mol. The molecule has 0 radical (unpaired) electrons. The van der Waals surface area contributed by atoms with Crippen molar-refractivity contribution in [1.82, 2.24) is 9.88 Å². The van der Waals surface area contributed by atoms with Crippen LogP contribution in [0.5, 0.6) is 5.75 Å². The van der Waals surface area contributed by atoms with Gasteiger partial charge in [-0.3, -0.25) is 10.2 Å². The van der Waals surface area contributed by atoms with Crippen molar-refractivity contribution in [1.29, 1.82) is 5.41 Å². The van der Waals surface area contributed by atoms with E-state index in [1.807, 2.05) is 24.1 Å². The van der Waals surface area contributed by atoms with Gasteiger partial charge in [-0.2, -0.15) is 0 Å². The summed E-state index contributed by atoms with van der Waals surface area (Å²) in [6.07, 6.45) is 1.60. The fourth-order valence-corrected chi connectivity index (χ4v) is 4.90. The summed E-state index contributed by atoms with van der Waals surface area (Å²) < 4.78 is 11.3. The Bertz CT molecular complexity index is 1250. The highest BCUT2D eigenvalue weighted by molar-refractivity contribution is 8.93. The van der Waals surface area contributed by atoms with E-state index in [2.05, 4.69) is 32.9 Å². The van der Waals surface area contributed by atoms with Crippen molar-refractivity contribution in [3.8, 4) is 5.75 Å². The van der Waals surface area contributed by atoms with Gasteiger partial charge in [-0.05, 0) is 43.4 Å².